The van der Waals surface area contributed by atoms with Gasteiger partial charge in [-0.15, -0.1) is 11.8 Å². The van der Waals surface area contributed by atoms with Gasteiger partial charge in [0.2, 0.25) is 0 Å². The van der Waals surface area contributed by atoms with Crippen LogP contribution in [0.5, 0.6) is 0 Å². The van der Waals surface area contributed by atoms with E-state index >= 15 is 17.6 Å². The highest BCUT2D eigenvalue weighted by Gasteiger charge is 2.38. The van der Waals surface area contributed by atoms with Crippen LogP contribution in [0.1, 0.15) is 129 Å². The Hall–Kier alpha value is -5.65. The molecule has 5 aromatic carbocycles. The molecule has 9 nitrogen and oxygen atoms in total. The van der Waals surface area contributed by atoms with Gasteiger partial charge < -0.3 is 19.0 Å². The zero-order valence-corrected chi connectivity index (χ0v) is 45.3. The number of halogens is 4. The van der Waals surface area contributed by atoms with E-state index in [2.05, 4.69) is 91.0 Å². The second-order valence-electron chi connectivity index (χ2n) is 19.8. The lowest BCUT2D eigenvalue weighted by Gasteiger charge is -2.22. The van der Waals surface area contributed by atoms with Crippen molar-refractivity contribution >= 4 is 67.1 Å². The van der Waals surface area contributed by atoms with Crippen LogP contribution in [0.15, 0.2) is 121 Å². The molecule has 16 heteroatoms. The molecule has 1 heterocycles. The van der Waals surface area contributed by atoms with Crippen molar-refractivity contribution in [1.82, 2.24) is 4.13 Å². The summed E-state index contributed by atoms with van der Waals surface area (Å²) in [5, 5.41) is 4.79. The summed E-state index contributed by atoms with van der Waals surface area (Å²) in [6, 6.07) is 29.6. The standard InChI is InChI=1S/C57H61F4N3O6S3/c1-12-57(10,11)56(65)69-27-28-71-54-48(58)50(60)55(51(61)49(54)59)73(67,68)64-72(66)46-22-14-13-17-43(46)47-41-25-23-35(62-52-37(31(2)3)18-15-19-38(52)32(4)5)29-44(41)70-45-30-36(24-26-42(45)47)63-53-39(33(6)7)20-16-21-40(53)34(8)9/h13-26,29-34,62,64H,12,27-28H2,1-11H3/b63-36+. The number of esters is 1. The van der Waals surface area contributed by atoms with E-state index in [-0.39, 0.29) is 46.5 Å². The van der Waals surface area contributed by atoms with Crippen LogP contribution >= 0.6 is 11.8 Å². The van der Waals surface area contributed by atoms with Crippen molar-refractivity contribution in [3.05, 3.63) is 148 Å². The molecule has 73 heavy (non-hydrogen) atoms. The van der Waals surface area contributed by atoms with Crippen LogP contribution in [0.3, 0.4) is 0 Å². The molecular weight excluding hydrogens is 995 g/mol. The third-order valence-corrected chi connectivity index (χ3v) is 17.1. The van der Waals surface area contributed by atoms with Crippen molar-refractivity contribution < 1.29 is 44.5 Å². The number of carbonyl (C=O) groups is 1. The average molecular weight is 1060 g/mol. The number of rotatable bonds is 18. The molecule has 7 rings (SSSR count). The van der Waals surface area contributed by atoms with Crippen LogP contribution in [0, 0.1) is 28.7 Å². The summed E-state index contributed by atoms with van der Waals surface area (Å²) in [6.45, 7) is 21.7. The highest BCUT2D eigenvalue weighted by Crippen LogP contribution is 2.45. The van der Waals surface area contributed by atoms with Crippen LogP contribution in [0.25, 0.3) is 33.4 Å². The van der Waals surface area contributed by atoms with Crippen LogP contribution in [-0.2, 0) is 30.9 Å². The first-order valence-corrected chi connectivity index (χ1v) is 27.9. The summed E-state index contributed by atoms with van der Waals surface area (Å²) in [6.07, 6.45) is 0.453. The van der Waals surface area contributed by atoms with E-state index in [1.807, 2.05) is 42.5 Å². The molecule has 0 amide bonds. The Labute approximate surface area is 433 Å². The number of para-hydroxylation sites is 2. The Morgan fingerprint density at radius 3 is 1.90 bits per heavy atom. The number of carbonyl (C=O) groups excluding carboxylic acids is 1. The zero-order chi connectivity index (χ0) is 53.3. The second-order valence-corrected chi connectivity index (χ2v) is 24.0. The summed E-state index contributed by atoms with van der Waals surface area (Å²) in [5.41, 5.74) is 7.78. The van der Waals surface area contributed by atoms with Crippen molar-refractivity contribution in [1.29, 1.82) is 0 Å². The molecule has 5 aromatic rings. The number of ether oxygens (including phenoxy) is 1. The van der Waals surface area contributed by atoms with Gasteiger partial charge in [0, 0.05) is 51.3 Å². The first kappa shape index (κ1) is 55.1. The van der Waals surface area contributed by atoms with Gasteiger partial charge in [-0.05, 0) is 107 Å². The summed E-state index contributed by atoms with van der Waals surface area (Å²) in [5.74, 6) is -8.14. The maximum Gasteiger partial charge on any atom is 0.311 e. The number of sulfonamides is 1. The largest absolute Gasteiger partial charge is 0.592 e. The van der Waals surface area contributed by atoms with E-state index < -0.39 is 65.8 Å². The monoisotopic (exact) mass is 1060 g/mol. The van der Waals surface area contributed by atoms with Gasteiger partial charge in [-0.25, -0.2) is 31.0 Å². The molecule has 386 valence electrons. The number of fused-ring (bicyclic) bond motifs is 2. The van der Waals surface area contributed by atoms with Gasteiger partial charge in [0.25, 0.3) is 10.0 Å². The molecular formula is C57H61F4N3O6S3. The predicted octanol–water partition coefficient (Wildman–Crippen LogP) is 15.3. The highest BCUT2D eigenvalue weighted by atomic mass is 32.3. The summed E-state index contributed by atoms with van der Waals surface area (Å²) in [4.78, 5) is 14.3. The van der Waals surface area contributed by atoms with Crippen molar-refractivity contribution in [3.63, 3.8) is 0 Å². The fourth-order valence-electron chi connectivity index (χ4n) is 8.52. The van der Waals surface area contributed by atoms with Gasteiger partial charge in [-0.2, -0.15) is 0 Å². The number of benzene rings is 6. The fraction of sp³-hybridized carbons (Fsp3) is 0.333. The SMILES string of the molecule is CCC(C)(C)C(=O)OCCSc1c(F)c(F)c(S(=O)(=O)N[S+]([O-])c2ccccc2-c2c3cc/c(=N\c4c(C(C)C)cccc4C(C)C)cc-3oc3cc(Nc4c(C(C)C)cccc4C(C)C)ccc23)c(F)c1F. The van der Waals surface area contributed by atoms with Crippen molar-refractivity contribution in [2.75, 3.05) is 17.7 Å². The van der Waals surface area contributed by atoms with Gasteiger partial charge >= 0.3 is 5.97 Å². The van der Waals surface area contributed by atoms with Gasteiger partial charge in [0.1, 0.15) is 18.0 Å². The Bertz CT molecular complexity index is 3270. The van der Waals surface area contributed by atoms with Crippen molar-refractivity contribution in [2.24, 2.45) is 10.4 Å². The minimum absolute atomic E-state index is 0.134. The van der Waals surface area contributed by atoms with E-state index in [0.717, 1.165) is 33.6 Å². The summed E-state index contributed by atoms with van der Waals surface area (Å²) < 4.78 is 118. The third kappa shape index (κ3) is 11.5. The average Bonchev–Trinajstić information content (AvgIpc) is 3.34. The molecule has 0 saturated heterocycles. The first-order chi connectivity index (χ1) is 34.5. The van der Waals surface area contributed by atoms with E-state index in [4.69, 9.17) is 14.1 Å². The first-order valence-electron chi connectivity index (χ1n) is 24.2. The predicted molar refractivity (Wildman–Crippen MR) is 285 cm³/mol. The molecule has 0 fully saturated rings. The van der Waals surface area contributed by atoms with Crippen LogP contribution in [0.4, 0.5) is 34.6 Å². The molecule has 0 spiro atoms. The van der Waals surface area contributed by atoms with E-state index in [9.17, 15) is 17.8 Å². The maximum atomic E-state index is 15.7. The number of nitrogens with one attached hydrogen (secondary N) is 2. The molecule has 0 radical (unpaired) electrons. The minimum atomic E-state index is -5.58. The highest BCUT2D eigenvalue weighted by molar-refractivity contribution is 8.04. The molecule has 2 aliphatic rings. The van der Waals surface area contributed by atoms with E-state index in [0.29, 0.717) is 57.1 Å². The number of nitrogens with zero attached hydrogens (tertiary/aromatic N) is 1. The molecule has 0 aromatic heterocycles. The smallest absolute Gasteiger partial charge is 0.311 e. The topological polar surface area (TPSA) is 133 Å². The second kappa shape index (κ2) is 22.4. The fourth-order valence-corrected chi connectivity index (χ4v) is 12.0. The molecule has 0 saturated carbocycles. The van der Waals surface area contributed by atoms with Crippen LogP contribution in [0.2, 0.25) is 0 Å². The normalized spacial score (nSPS) is 13.1. The van der Waals surface area contributed by atoms with Crippen LogP contribution in [-0.4, -0.2) is 31.3 Å². The van der Waals surface area contributed by atoms with Gasteiger partial charge in [0.15, 0.2) is 33.1 Å². The maximum absolute atomic E-state index is 15.7. The Balaban J connectivity index is 1.34. The number of anilines is 2. The molecule has 1 atom stereocenters. The molecule has 0 bridgehead atoms. The molecule has 1 aliphatic carbocycles. The van der Waals surface area contributed by atoms with Gasteiger partial charge in [-0.3, -0.25) is 4.79 Å². The van der Waals surface area contributed by atoms with Crippen molar-refractivity contribution in [3.8, 4) is 22.5 Å². The number of hydrogen-bond donors (Lipinski definition) is 2. The summed E-state index contributed by atoms with van der Waals surface area (Å²) >= 11 is -2.53. The molecule has 1 unspecified atom stereocenters. The van der Waals surface area contributed by atoms with E-state index in [1.54, 1.807) is 37.0 Å². The molecule has 1 aliphatic heterocycles. The number of thioether (sulfide) groups is 1. The third-order valence-electron chi connectivity index (χ3n) is 12.9. The number of hydrogen-bond acceptors (Lipinski definition) is 9. The van der Waals surface area contributed by atoms with Crippen LogP contribution < -0.4 is 14.8 Å². The zero-order valence-electron chi connectivity index (χ0n) is 42.8. The lowest BCUT2D eigenvalue weighted by Crippen LogP contribution is -2.33. The minimum Gasteiger partial charge on any atom is -0.592 e. The Morgan fingerprint density at radius 2 is 1.33 bits per heavy atom. The summed E-state index contributed by atoms with van der Waals surface area (Å²) in [7, 11) is -5.58. The van der Waals surface area contributed by atoms with Gasteiger partial charge in [0.05, 0.1) is 32.7 Å². The Kier molecular flexibility index (Phi) is 16.9. The van der Waals surface area contributed by atoms with E-state index in [1.165, 1.54) is 12.1 Å². The van der Waals surface area contributed by atoms with Gasteiger partial charge in [-0.1, -0.05) is 111 Å². The van der Waals surface area contributed by atoms with Crippen molar-refractivity contribution in [2.45, 2.75) is 121 Å². The molecule has 2 N–H and O–H groups in total. The quantitative estimate of drug-likeness (QED) is 0.0165. The Morgan fingerprint density at radius 1 is 0.753 bits per heavy atom. The lowest BCUT2D eigenvalue weighted by molar-refractivity contribution is -0.153. The lowest BCUT2D eigenvalue weighted by atomic mass is 9.91.